The van der Waals surface area contributed by atoms with Crippen LogP contribution < -0.4 is 10.1 Å². The van der Waals surface area contributed by atoms with Crippen LogP contribution >= 0.6 is 11.6 Å². The van der Waals surface area contributed by atoms with Crippen molar-refractivity contribution in [2.45, 2.75) is 19.4 Å². The van der Waals surface area contributed by atoms with Crippen molar-refractivity contribution in [2.75, 3.05) is 32.1 Å². The number of nitrogens with one attached hydrogen (secondary N) is 1. The lowest BCUT2D eigenvalue weighted by atomic mass is 10.1. The Bertz CT molecular complexity index is 1150. The number of hydrogen-bond donors (Lipinski definition) is 1. The summed E-state index contributed by atoms with van der Waals surface area (Å²) < 4.78 is 12.9. The number of anilines is 2. The Balaban J connectivity index is 1.57. The smallest absolute Gasteiger partial charge is 0.254 e. The molecule has 1 amide bonds. The SMILES string of the molecule is COc1cc(C(=O)N2CCOC(C)(C)C2)ccc1Nc1ncc(Cl)c(-c2cnn(C)c2)n1. The number of aryl methyl sites for hydroxylation is 1. The Morgan fingerprint density at radius 2 is 2.12 bits per heavy atom. The first-order valence-corrected chi connectivity index (χ1v) is 10.5. The summed E-state index contributed by atoms with van der Waals surface area (Å²) >= 11 is 6.29. The van der Waals surface area contributed by atoms with Crippen LogP contribution in [0.3, 0.4) is 0 Å². The third-order valence-electron chi connectivity index (χ3n) is 5.13. The molecular formula is C22H25ClN6O3. The van der Waals surface area contributed by atoms with Crippen molar-refractivity contribution in [3.05, 3.63) is 47.4 Å². The number of carbonyl (C=O) groups excluding carboxylic acids is 1. The topological polar surface area (TPSA) is 94.4 Å². The maximum absolute atomic E-state index is 13.0. The standard InChI is InChI=1S/C22H25ClN6O3/c1-22(2)13-29(7-8-32-22)20(30)14-5-6-17(18(9-14)31-4)26-21-24-11-16(23)19(27-21)15-10-25-28(3)12-15/h5-6,9-12H,7-8,13H2,1-4H3,(H,24,26,27). The van der Waals surface area contributed by atoms with Gasteiger partial charge in [-0.05, 0) is 32.0 Å². The molecule has 1 N–H and O–H groups in total. The molecule has 0 spiro atoms. The number of hydrogen-bond acceptors (Lipinski definition) is 7. The first-order chi connectivity index (χ1) is 15.3. The van der Waals surface area contributed by atoms with Gasteiger partial charge in [-0.2, -0.15) is 5.10 Å². The Hall–Kier alpha value is -3.17. The molecule has 0 aliphatic carbocycles. The van der Waals surface area contributed by atoms with Gasteiger partial charge in [-0.1, -0.05) is 11.6 Å². The van der Waals surface area contributed by atoms with E-state index in [-0.39, 0.29) is 11.5 Å². The van der Waals surface area contributed by atoms with E-state index in [1.807, 2.05) is 27.1 Å². The molecule has 0 unspecified atom stereocenters. The van der Waals surface area contributed by atoms with Crippen molar-refractivity contribution in [2.24, 2.45) is 7.05 Å². The Morgan fingerprint density at radius 1 is 1.31 bits per heavy atom. The third-order valence-corrected chi connectivity index (χ3v) is 5.41. The Morgan fingerprint density at radius 3 is 2.81 bits per heavy atom. The number of morpholine rings is 1. The highest BCUT2D eigenvalue weighted by Gasteiger charge is 2.30. The summed E-state index contributed by atoms with van der Waals surface area (Å²) in [6.07, 6.45) is 5.04. The Labute approximate surface area is 191 Å². The van der Waals surface area contributed by atoms with E-state index in [2.05, 4.69) is 20.4 Å². The maximum atomic E-state index is 13.0. The van der Waals surface area contributed by atoms with Gasteiger partial charge in [-0.15, -0.1) is 0 Å². The van der Waals surface area contributed by atoms with Crippen molar-refractivity contribution in [1.29, 1.82) is 0 Å². The molecule has 168 valence electrons. The van der Waals surface area contributed by atoms with Crippen molar-refractivity contribution in [1.82, 2.24) is 24.6 Å². The normalized spacial score (nSPS) is 15.5. The van der Waals surface area contributed by atoms with E-state index in [9.17, 15) is 4.79 Å². The average Bonchev–Trinajstić information content (AvgIpc) is 3.20. The third kappa shape index (κ3) is 4.68. The van der Waals surface area contributed by atoms with Gasteiger partial charge < -0.3 is 19.7 Å². The van der Waals surface area contributed by atoms with Crippen LogP contribution in [0.5, 0.6) is 5.75 Å². The molecule has 10 heteroatoms. The summed E-state index contributed by atoms with van der Waals surface area (Å²) in [6.45, 7) is 5.56. The molecule has 1 aliphatic rings. The quantitative estimate of drug-likeness (QED) is 0.627. The van der Waals surface area contributed by atoms with Crippen molar-refractivity contribution < 1.29 is 14.3 Å². The zero-order chi connectivity index (χ0) is 22.9. The molecule has 1 aromatic carbocycles. The van der Waals surface area contributed by atoms with Gasteiger partial charge in [0.25, 0.3) is 5.91 Å². The van der Waals surface area contributed by atoms with Gasteiger partial charge in [0.1, 0.15) is 5.75 Å². The molecule has 0 radical (unpaired) electrons. The Kier molecular flexibility index (Phi) is 6.03. The lowest BCUT2D eigenvalue weighted by Gasteiger charge is -2.38. The van der Waals surface area contributed by atoms with E-state index >= 15 is 0 Å². The fourth-order valence-corrected chi connectivity index (χ4v) is 3.79. The van der Waals surface area contributed by atoms with Crippen molar-refractivity contribution in [3.63, 3.8) is 0 Å². The van der Waals surface area contributed by atoms with Gasteiger partial charge >= 0.3 is 0 Å². The molecule has 0 bridgehead atoms. The van der Waals surface area contributed by atoms with E-state index in [1.165, 1.54) is 6.20 Å². The van der Waals surface area contributed by atoms with Crippen LogP contribution in [0, 0.1) is 0 Å². The minimum Gasteiger partial charge on any atom is -0.495 e. The van der Waals surface area contributed by atoms with E-state index in [0.717, 1.165) is 5.56 Å². The molecule has 32 heavy (non-hydrogen) atoms. The molecule has 0 saturated carbocycles. The van der Waals surface area contributed by atoms with Crippen LogP contribution in [0.4, 0.5) is 11.6 Å². The lowest BCUT2D eigenvalue weighted by molar-refractivity contribution is -0.0764. The van der Waals surface area contributed by atoms with Gasteiger partial charge in [0, 0.05) is 37.5 Å². The molecule has 9 nitrogen and oxygen atoms in total. The van der Waals surface area contributed by atoms with Crippen LogP contribution in [0.15, 0.2) is 36.8 Å². The molecule has 3 heterocycles. The highest BCUT2D eigenvalue weighted by molar-refractivity contribution is 6.32. The van der Waals surface area contributed by atoms with Crippen LogP contribution in [0.2, 0.25) is 5.02 Å². The minimum absolute atomic E-state index is 0.0622. The fraction of sp³-hybridized carbons (Fsp3) is 0.364. The molecule has 3 aromatic rings. The van der Waals surface area contributed by atoms with Gasteiger partial charge in [0.15, 0.2) is 0 Å². The van der Waals surface area contributed by atoms with Crippen LogP contribution in [0.1, 0.15) is 24.2 Å². The zero-order valence-electron chi connectivity index (χ0n) is 18.4. The van der Waals surface area contributed by atoms with Gasteiger partial charge in [0.05, 0.1) is 48.1 Å². The number of halogens is 1. The number of rotatable bonds is 5. The van der Waals surface area contributed by atoms with Crippen LogP contribution in [-0.4, -0.2) is 63.0 Å². The molecule has 4 rings (SSSR count). The van der Waals surface area contributed by atoms with Gasteiger partial charge in [-0.3, -0.25) is 9.48 Å². The van der Waals surface area contributed by atoms with Crippen molar-refractivity contribution in [3.8, 4) is 17.0 Å². The number of carbonyl (C=O) groups is 1. The summed E-state index contributed by atoms with van der Waals surface area (Å²) in [5.74, 6) is 0.790. The van der Waals surface area contributed by atoms with E-state index < -0.39 is 0 Å². The van der Waals surface area contributed by atoms with Crippen LogP contribution in [0.25, 0.3) is 11.3 Å². The van der Waals surface area contributed by atoms with Gasteiger partial charge in [-0.25, -0.2) is 9.97 Å². The first-order valence-electron chi connectivity index (χ1n) is 10.2. The second kappa shape index (κ2) is 8.76. The first kappa shape index (κ1) is 22.0. The molecule has 0 atom stereocenters. The highest BCUT2D eigenvalue weighted by atomic mass is 35.5. The summed E-state index contributed by atoms with van der Waals surface area (Å²) in [4.78, 5) is 23.6. The molecular weight excluding hydrogens is 432 g/mol. The molecule has 2 aromatic heterocycles. The number of methoxy groups -OCH3 is 1. The minimum atomic E-state index is -0.364. The number of amides is 1. The van der Waals surface area contributed by atoms with E-state index in [0.29, 0.717) is 53.4 Å². The number of ether oxygens (including phenoxy) is 2. The van der Waals surface area contributed by atoms with E-state index in [1.54, 1.807) is 41.1 Å². The summed E-state index contributed by atoms with van der Waals surface area (Å²) in [6, 6.07) is 5.25. The largest absolute Gasteiger partial charge is 0.495 e. The monoisotopic (exact) mass is 456 g/mol. The summed E-state index contributed by atoms with van der Waals surface area (Å²) in [5, 5.41) is 7.73. The summed E-state index contributed by atoms with van der Waals surface area (Å²) in [7, 11) is 3.37. The predicted molar refractivity (Wildman–Crippen MR) is 121 cm³/mol. The number of benzene rings is 1. The van der Waals surface area contributed by atoms with Gasteiger partial charge in [0.2, 0.25) is 5.95 Å². The second-order valence-corrected chi connectivity index (χ2v) is 8.57. The number of nitrogens with zero attached hydrogens (tertiary/aromatic N) is 5. The predicted octanol–water partition coefficient (Wildman–Crippen LogP) is 3.53. The molecule has 1 aliphatic heterocycles. The summed E-state index contributed by atoms with van der Waals surface area (Å²) in [5.41, 5.74) is 2.16. The average molecular weight is 457 g/mol. The zero-order valence-corrected chi connectivity index (χ0v) is 19.2. The number of aromatic nitrogens is 4. The fourth-order valence-electron chi connectivity index (χ4n) is 3.59. The van der Waals surface area contributed by atoms with E-state index in [4.69, 9.17) is 21.1 Å². The van der Waals surface area contributed by atoms with Crippen LogP contribution in [-0.2, 0) is 11.8 Å². The second-order valence-electron chi connectivity index (χ2n) is 8.17. The highest BCUT2D eigenvalue weighted by Crippen LogP contribution is 2.31. The molecule has 1 saturated heterocycles. The lowest BCUT2D eigenvalue weighted by Crippen LogP contribution is -2.50. The molecule has 1 fully saturated rings. The maximum Gasteiger partial charge on any atom is 0.254 e. The van der Waals surface area contributed by atoms with Crippen molar-refractivity contribution >= 4 is 29.1 Å².